The lowest BCUT2D eigenvalue weighted by Gasteiger charge is -2.10. The van der Waals surface area contributed by atoms with Gasteiger partial charge in [-0.25, -0.2) is 4.98 Å². The van der Waals surface area contributed by atoms with Gasteiger partial charge in [-0.15, -0.1) is 0 Å². The molecule has 1 N–H and O–H groups in total. The van der Waals surface area contributed by atoms with Gasteiger partial charge in [0.05, 0.1) is 11.7 Å². The third kappa shape index (κ3) is 3.82. The molecule has 0 radical (unpaired) electrons. The Labute approximate surface area is 162 Å². The third-order valence-electron chi connectivity index (χ3n) is 4.44. The highest BCUT2D eigenvalue weighted by atomic mass is 35.5. The average molecular weight is 385 g/mol. The molecule has 0 unspecified atom stereocenters. The lowest BCUT2D eigenvalue weighted by Crippen LogP contribution is -2.11. The van der Waals surface area contributed by atoms with Crippen molar-refractivity contribution >= 4 is 11.6 Å². The van der Waals surface area contributed by atoms with Crippen molar-refractivity contribution in [3.8, 4) is 28.7 Å². The fourth-order valence-electron chi connectivity index (χ4n) is 3.22. The van der Waals surface area contributed by atoms with E-state index in [0.29, 0.717) is 28.2 Å². The topological polar surface area (TPSA) is 73.1 Å². The monoisotopic (exact) mass is 384 g/mol. The quantitative estimate of drug-likeness (QED) is 0.723. The predicted octanol–water partition coefficient (Wildman–Crippen LogP) is 4.28. The molecular weight excluding hydrogens is 364 g/mol. The highest BCUT2D eigenvalue weighted by Crippen LogP contribution is 2.31. The first-order valence-electron chi connectivity index (χ1n) is 9.10. The summed E-state index contributed by atoms with van der Waals surface area (Å²) in [6.45, 7) is 5.73. The molecule has 0 atom stereocenters. The van der Waals surface area contributed by atoms with Crippen LogP contribution in [0.1, 0.15) is 31.4 Å². The summed E-state index contributed by atoms with van der Waals surface area (Å²) in [5.41, 5.74) is 4.26. The summed E-state index contributed by atoms with van der Waals surface area (Å²) in [6.07, 6.45) is 3.72. The SMILES string of the molecule is CC(C)Oc1ncc(-c2nc(-c3cccc4c3CCCNC4)no2)cc1Cl. The Bertz CT molecular complexity index is 955. The van der Waals surface area contributed by atoms with Gasteiger partial charge in [-0.1, -0.05) is 35.0 Å². The van der Waals surface area contributed by atoms with Crippen LogP contribution in [-0.2, 0) is 13.0 Å². The van der Waals surface area contributed by atoms with Crippen LogP contribution in [0.4, 0.5) is 0 Å². The van der Waals surface area contributed by atoms with Crippen molar-refractivity contribution in [2.45, 2.75) is 39.3 Å². The van der Waals surface area contributed by atoms with Crippen molar-refractivity contribution in [2.24, 2.45) is 0 Å². The summed E-state index contributed by atoms with van der Waals surface area (Å²) in [6, 6.07) is 7.96. The van der Waals surface area contributed by atoms with Gasteiger partial charge in [0.25, 0.3) is 5.89 Å². The Morgan fingerprint density at radius 2 is 2.19 bits per heavy atom. The van der Waals surface area contributed by atoms with Crippen LogP contribution in [0.2, 0.25) is 5.02 Å². The molecule has 0 aliphatic carbocycles. The summed E-state index contributed by atoms with van der Waals surface area (Å²) >= 11 is 6.28. The van der Waals surface area contributed by atoms with Crippen LogP contribution in [0.3, 0.4) is 0 Å². The second-order valence-electron chi connectivity index (χ2n) is 6.82. The van der Waals surface area contributed by atoms with Crippen LogP contribution in [0.25, 0.3) is 22.8 Å². The average Bonchev–Trinajstić information content (AvgIpc) is 3.01. The van der Waals surface area contributed by atoms with Gasteiger partial charge in [0.1, 0.15) is 5.02 Å². The summed E-state index contributed by atoms with van der Waals surface area (Å²) in [4.78, 5) is 8.85. The molecule has 0 saturated heterocycles. The maximum Gasteiger partial charge on any atom is 0.259 e. The summed E-state index contributed by atoms with van der Waals surface area (Å²) in [7, 11) is 0. The van der Waals surface area contributed by atoms with E-state index in [1.54, 1.807) is 12.3 Å². The molecule has 0 amide bonds. The predicted molar refractivity (Wildman–Crippen MR) is 104 cm³/mol. The second-order valence-corrected chi connectivity index (χ2v) is 7.23. The molecule has 6 nitrogen and oxygen atoms in total. The molecule has 0 fully saturated rings. The molecule has 1 aromatic carbocycles. The van der Waals surface area contributed by atoms with Gasteiger partial charge in [0.2, 0.25) is 11.7 Å². The summed E-state index contributed by atoms with van der Waals surface area (Å²) in [5, 5.41) is 8.05. The first kappa shape index (κ1) is 17.9. The van der Waals surface area contributed by atoms with Gasteiger partial charge < -0.3 is 14.6 Å². The van der Waals surface area contributed by atoms with Gasteiger partial charge in [-0.05, 0) is 50.4 Å². The molecule has 7 heteroatoms. The zero-order valence-corrected chi connectivity index (χ0v) is 16.1. The molecule has 0 bridgehead atoms. The van der Waals surface area contributed by atoms with Crippen LogP contribution >= 0.6 is 11.6 Å². The fraction of sp³-hybridized carbons (Fsp3) is 0.350. The zero-order chi connectivity index (χ0) is 18.8. The number of fused-ring (bicyclic) bond motifs is 1. The molecule has 0 saturated carbocycles. The lowest BCUT2D eigenvalue weighted by molar-refractivity contribution is 0.233. The van der Waals surface area contributed by atoms with Crippen LogP contribution in [0.5, 0.6) is 5.88 Å². The Hall–Kier alpha value is -2.44. The minimum absolute atomic E-state index is 0.00122. The van der Waals surface area contributed by atoms with Gasteiger partial charge in [0, 0.05) is 18.3 Å². The minimum Gasteiger partial charge on any atom is -0.474 e. The number of halogens is 1. The number of nitrogens with zero attached hydrogens (tertiary/aromatic N) is 3. The highest BCUT2D eigenvalue weighted by molar-refractivity contribution is 6.32. The van der Waals surface area contributed by atoms with E-state index >= 15 is 0 Å². The molecule has 3 heterocycles. The number of aromatic nitrogens is 3. The Morgan fingerprint density at radius 1 is 1.30 bits per heavy atom. The number of ether oxygens (including phenoxy) is 1. The van der Waals surface area contributed by atoms with Gasteiger partial charge in [-0.3, -0.25) is 0 Å². The van der Waals surface area contributed by atoms with Gasteiger partial charge >= 0.3 is 0 Å². The molecule has 2 aromatic heterocycles. The van der Waals surface area contributed by atoms with Crippen LogP contribution in [-0.4, -0.2) is 27.8 Å². The molecule has 4 rings (SSSR count). The summed E-state index contributed by atoms with van der Waals surface area (Å²) < 4.78 is 11.1. The van der Waals surface area contributed by atoms with Crippen molar-refractivity contribution in [2.75, 3.05) is 6.54 Å². The van der Waals surface area contributed by atoms with E-state index in [1.807, 2.05) is 26.0 Å². The van der Waals surface area contributed by atoms with E-state index in [4.69, 9.17) is 20.9 Å². The maximum absolute atomic E-state index is 6.28. The van der Waals surface area contributed by atoms with E-state index in [9.17, 15) is 0 Å². The molecule has 140 valence electrons. The Balaban J connectivity index is 1.66. The highest BCUT2D eigenvalue weighted by Gasteiger charge is 2.18. The largest absolute Gasteiger partial charge is 0.474 e. The Kier molecular flexibility index (Phi) is 5.09. The van der Waals surface area contributed by atoms with Crippen LogP contribution in [0.15, 0.2) is 35.0 Å². The van der Waals surface area contributed by atoms with Crippen molar-refractivity contribution in [1.29, 1.82) is 0 Å². The first-order chi connectivity index (χ1) is 13.1. The number of benzene rings is 1. The van der Waals surface area contributed by atoms with E-state index in [0.717, 1.165) is 31.5 Å². The second kappa shape index (κ2) is 7.66. The van der Waals surface area contributed by atoms with Crippen LogP contribution in [0, 0.1) is 0 Å². The molecule has 1 aliphatic heterocycles. The van der Waals surface area contributed by atoms with Crippen molar-refractivity contribution in [1.82, 2.24) is 20.4 Å². The fourth-order valence-corrected chi connectivity index (χ4v) is 3.43. The van der Waals surface area contributed by atoms with Gasteiger partial charge in [0.15, 0.2) is 0 Å². The number of rotatable bonds is 4. The van der Waals surface area contributed by atoms with Crippen molar-refractivity contribution in [3.05, 3.63) is 46.6 Å². The number of hydrogen-bond acceptors (Lipinski definition) is 6. The first-order valence-corrected chi connectivity index (χ1v) is 9.48. The maximum atomic E-state index is 6.28. The van der Waals surface area contributed by atoms with Crippen LogP contribution < -0.4 is 10.1 Å². The van der Waals surface area contributed by atoms with Gasteiger partial charge in [-0.2, -0.15) is 4.98 Å². The number of hydrogen-bond donors (Lipinski definition) is 1. The number of nitrogens with one attached hydrogen (secondary N) is 1. The van der Waals surface area contributed by atoms with Crippen molar-refractivity contribution < 1.29 is 9.26 Å². The summed E-state index contributed by atoms with van der Waals surface area (Å²) in [5.74, 6) is 1.37. The normalized spacial score (nSPS) is 14.1. The molecule has 3 aromatic rings. The van der Waals surface area contributed by atoms with E-state index in [1.165, 1.54) is 11.1 Å². The molecule has 27 heavy (non-hydrogen) atoms. The third-order valence-corrected chi connectivity index (χ3v) is 4.71. The number of pyridine rings is 1. The lowest BCUT2D eigenvalue weighted by atomic mass is 9.97. The molecule has 0 spiro atoms. The smallest absolute Gasteiger partial charge is 0.259 e. The zero-order valence-electron chi connectivity index (χ0n) is 15.3. The Morgan fingerprint density at radius 3 is 3.00 bits per heavy atom. The van der Waals surface area contributed by atoms with E-state index in [-0.39, 0.29) is 6.10 Å². The molecule has 1 aliphatic rings. The molecular formula is C20H21ClN4O2. The van der Waals surface area contributed by atoms with E-state index < -0.39 is 0 Å². The van der Waals surface area contributed by atoms with Crippen molar-refractivity contribution in [3.63, 3.8) is 0 Å². The standard InChI is InChI=1S/C20H21ClN4O2/c1-12(2)26-20-17(21)9-14(11-23-20)19-24-18(25-27-19)16-6-3-5-13-10-22-8-4-7-15(13)16/h3,5-6,9,11-12,22H,4,7-8,10H2,1-2H3. The van der Waals surface area contributed by atoms with E-state index in [2.05, 4.69) is 26.5 Å². The minimum atomic E-state index is -0.00122.